The van der Waals surface area contributed by atoms with Gasteiger partial charge in [-0.15, -0.1) is 0 Å². The van der Waals surface area contributed by atoms with Gasteiger partial charge in [-0.05, 0) is 12.8 Å². The zero-order valence-electron chi connectivity index (χ0n) is 10.1. The summed E-state index contributed by atoms with van der Waals surface area (Å²) in [4.78, 5) is 16.8. The molecular formula is C12H13ClN4O2. The molecule has 0 spiro atoms. The lowest BCUT2D eigenvalue weighted by atomic mass is 10.1. The molecule has 1 fully saturated rings. The normalized spacial score (nSPS) is 18.7. The standard InChI is InChI=1S/C12H13ClN4O2/c13-10-4-11(15-6-8(10)5-14)17-3-1-2-9(7-17)16-12(18)19/h4,6,9,16H,1-3,7H2,(H,18,19). The van der Waals surface area contributed by atoms with Gasteiger partial charge in [0.1, 0.15) is 11.9 Å². The molecule has 2 heterocycles. The van der Waals surface area contributed by atoms with E-state index in [2.05, 4.69) is 10.3 Å². The number of nitrogens with zero attached hydrogens (tertiary/aromatic N) is 3. The lowest BCUT2D eigenvalue weighted by Crippen LogP contribution is -2.47. The summed E-state index contributed by atoms with van der Waals surface area (Å²) in [6.45, 7) is 1.36. The summed E-state index contributed by atoms with van der Waals surface area (Å²) in [6, 6.07) is 3.49. The van der Waals surface area contributed by atoms with Crippen molar-refractivity contribution in [1.82, 2.24) is 10.3 Å². The molecule has 19 heavy (non-hydrogen) atoms. The third-order valence-electron chi connectivity index (χ3n) is 3.03. The van der Waals surface area contributed by atoms with Crippen molar-refractivity contribution in [2.24, 2.45) is 0 Å². The fraction of sp³-hybridized carbons (Fsp3) is 0.417. The van der Waals surface area contributed by atoms with Crippen LogP contribution in [0.1, 0.15) is 18.4 Å². The molecule has 100 valence electrons. The fourth-order valence-electron chi connectivity index (χ4n) is 2.15. The van der Waals surface area contributed by atoms with Crippen molar-refractivity contribution in [3.63, 3.8) is 0 Å². The number of halogens is 1. The molecule has 1 aromatic rings. The van der Waals surface area contributed by atoms with Gasteiger partial charge in [-0.3, -0.25) is 0 Å². The molecule has 0 saturated carbocycles. The molecule has 2 N–H and O–H groups in total. The Bertz CT molecular complexity index is 529. The van der Waals surface area contributed by atoms with E-state index in [0.717, 1.165) is 19.4 Å². The number of amides is 1. The number of nitrogens with one attached hydrogen (secondary N) is 1. The number of carbonyl (C=O) groups is 1. The molecule has 1 aliphatic heterocycles. The molecule has 1 saturated heterocycles. The molecule has 1 aromatic heterocycles. The van der Waals surface area contributed by atoms with Crippen molar-refractivity contribution < 1.29 is 9.90 Å². The van der Waals surface area contributed by atoms with Crippen molar-refractivity contribution in [3.05, 3.63) is 22.8 Å². The number of anilines is 1. The van der Waals surface area contributed by atoms with Crippen molar-refractivity contribution in [1.29, 1.82) is 5.26 Å². The van der Waals surface area contributed by atoms with Crippen LogP contribution in [0.3, 0.4) is 0 Å². The van der Waals surface area contributed by atoms with Crippen LogP contribution < -0.4 is 10.2 Å². The summed E-state index contributed by atoms with van der Waals surface area (Å²) >= 11 is 5.97. The highest BCUT2D eigenvalue weighted by Gasteiger charge is 2.22. The van der Waals surface area contributed by atoms with Crippen molar-refractivity contribution >= 4 is 23.5 Å². The molecule has 0 aromatic carbocycles. The Balaban J connectivity index is 2.11. The van der Waals surface area contributed by atoms with Crippen LogP contribution in [0.4, 0.5) is 10.6 Å². The van der Waals surface area contributed by atoms with Crippen LogP contribution in [0.5, 0.6) is 0 Å². The molecule has 1 atom stereocenters. The number of nitriles is 1. The number of aromatic nitrogens is 1. The number of hydrogen-bond donors (Lipinski definition) is 2. The van der Waals surface area contributed by atoms with E-state index in [9.17, 15) is 4.79 Å². The summed E-state index contributed by atoms with van der Waals surface area (Å²) < 4.78 is 0. The predicted molar refractivity (Wildman–Crippen MR) is 70.4 cm³/mol. The van der Waals surface area contributed by atoms with Crippen LogP contribution in [0.15, 0.2) is 12.3 Å². The molecule has 7 heteroatoms. The van der Waals surface area contributed by atoms with E-state index < -0.39 is 6.09 Å². The fourth-order valence-corrected chi connectivity index (χ4v) is 2.34. The minimum absolute atomic E-state index is 0.109. The number of hydrogen-bond acceptors (Lipinski definition) is 4. The molecule has 0 aliphatic carbocycles. The smallest absolute Gasteiger partial charge is 0.404 e. The Labute approximate surface area is 115 Å². The third kappa shape index (κ3) is 3.26. The second-order valence-corrected chi connectivity index (χ2v) is 4.78. The van der Waals surface area contributed by atoms with Gasteiger partial charge < -0.3 is 15.3 Å². The highest BCUT2D eigenvalue weighted by atomic mass is 35.5. The van der Waals surface area contributed by atoms with Crippen molar-refractivity contribution in [2.75, 3.05) is 18.0 Å². The maximum Gasteiger partial charge on any atom is 0.404 e. The van der Waals surface area contributed by atoms with E-state index >= 15 is 0 Å². The van der Waals surface area contributed by atoms with Gasteiger partial charge in [-0.2, -0.15) is 5.26 Å². The summed E-state index contributed by atoms with van der Waals surface area (Å²) in [7, 11) is 0. The van der Waals surface area contributed by atoms with E-state index in [-0.39, 0.29) is 6.04 Å². The van der Waals surface area contributed by atoms with Gasteiger partial charge in [-0.25, -0.2) is 9.78 Å². The van der Waals surface area contributed by atoms with E-state index in [0.29, 0.717) is 22.9 Å². The van der Waals surface area contributed by atoms with Gasteiger partial charge in [0.05, 0.1) is 10.6 Å². The van der Waals surface area contributed by atoms with Crippen LogP contribution >= 0.6 is 11.6 Å². The van der Waals surface area contributed by atoms with Gasteiger partial charge in [0, 0.05) is 31.4 Å². The number of piperidine rings is 1. The zero-order chi connectivity index (χ0) is 13.8. The molecule has 6 nitrogen and oxygen atoms in total. The molecule has 1 aliphatic rings. The Morgan fingerprint density at radius 1 is 1.68 bits per heavy atom. The van der Waals surface area contributed by atoms with Crippen LogP contribution in [0.25, 0.3) is 0 Å². The lowest BCUT2D eigenvalue weighted by Gasteiger charge is -2.33. The summed E-state index contributed by atoms with van der Waals surface area (Å²) in [5.41, 5.74) is 0.336. The number of carboxylic acid groups (broad SMARTS) is 1. The minimum Gasteiger partial charge on any atom is -0.465 e. The molecule has 2 rings (SSSR count). The monoisotopic (exact) mass is 280 g/mol. The zero-order valence-corrected chi connectivity index (χ0v) is 10.9. The maximum atomic E-state index is 10.6. The lowest BCUT2D eigenvalue weighted by molar-refractivity contribution is 0.188. The SMILES string of the molecule is N#Cc1cnc(N2CCCC(NC(=O)O)C2)cc1Cl. The molecule has 0 radical (unpaired) electrons. The highest BCUT2D eigenvalue weighted by molar-refractivity contribution is 6.31. The average Bonchev–Trinajstić information content (AvgIpc) is 2.38. The average molecular weight is 281 g/mol. The first kappa shape index (κ1) is 13.4. The molecule has 0 bridgehead atoms. The summed E-state index contributed by atoms with van der Waals surface area (Å²) in [5.74, 6) is 0.667. The van der Waals surface area contributed by atoms with Gasteiger partial charge >= 0.3 is 6.09 Å². The first-order valence-electron chi connectivity index (χ1n) is 5.90. The van der Waals surface area contributed by atoms with E-state index in [1.807, 2.05) is 11.0 Å². The maximum absolute atomic E-state index is 10.6. The van der Waals surface area contributed by atoms with E-state index in [1.165, 1.54) is 6.20 Å². The highest BCUT2D eigenvalue weighted by Crippen LogP contribution is 2.23. The Hall–Kier alpha value is -2.00. The molecule has 1 unspecified atom stereocenters. The third-order valence-corrected chi connectivity index (χ3v) is 3.35. The van der Waals surface area contributed by atoms with Gasteiger partial charge in [0.15, 0.2) is 0 Å². The summed E-state index contributed by atoms with van der Waals surface area (Å²) in [6.07, 6.45) is 2.11. The first-order valence-corrected chi connectivity index (χ1v) is 6.28. The van der Waals surface area contributed by atoms with Crippen molar-refractivity contribution in [3.8, 4) is 6.07 Å². The largest absolute Gasteiger partial charge is 0.465 e. The Morgan fingerprint density at radius 3 is 3.11 bits per heavy atom. The van der Waals surface area contributed by atoms with Crippen LogP contribution in [0, 0.1) is 11.3 Å². The number of pyridine rings is 1. The second kappa shape index (κ2) is 5.76. The van der Waals surface area contributed by atoms with E-state index in [4.69, 9.17) is 22.0 Å². The Morgan fingerprint density at radius 2 is 2.47 bits per heavy atom. The van der Waals surface area contributed by atoms with Gasteiger partial charge in [0.2, 0.25) is 0 Å². The predicted octanol–water partition coefficient (Wildman–Crippen LogP) is 1.84. The van der Waals surface area contributed by atoms with Gasteiger partial charge in [0.25, 0.3) is 0 Å². The topological polar surface area (TPSA) is 89.3 Å². The Kier molecular flexibility index (Phi) is 4.07. The summed E-state index contributed by atoms with van der Waals surface area (Å²) in [5, 5.41) is 20.4. The number of rotatable bonds is 2. The van der Waals surface area contributed by atoms with Crippen LogP contribution in [0.2, 0.25) is 5.02 Å². The van der Waals surface area contributed by atoms with Crippen LogP contribution in [-0.4, -0.2) is 35.3 Å². The van der Waals surface area contributed by atoms with E-state index in [1.54, 1.807) is 6.07 Å². The minimum atomic E-state index is -1.02. The van der Waals surface area contributed by atoms with Crippen LogP contribution in [-0.2, 0) is 0 Å². The molecule has 1 amide bonds. The quantitative estimate of drug-likeness (QED) is 0.863. The second-order valence-electron chi connectivity index (χ2n) is 4.37. The molecular weight excluding hydrogens is 268 g/mol. The van der Waals surface area contributed by atoms with Crippen molar-refractivity contribution in [2.45, 2.75) is 18.9 Å². The first-order chi connectivity index (χ1) is 9.10. The van der Waals surface area contributed by atoms with Gasteiger partial charge in [-0.1, -0.05) is 11.6 Å².